The van der Waals surface area contributed by atoms with Crippen molar-refractivity contribution in [2.24, 2.45) is 0 Å². The lowest BCUT2D eigenvalue weighted by Crippen LogP contribution is -2.41. The molecule has 0 aliphatic heterocycles. The normalized spacial score (nSPS) is 10.2. The SMILES string of the molecule is COC(=O)CN(C(=O)c1cccc(OC)c1O)C(C)C. The van der Waals surface area contributed by atoms with E-state index in [2.05, 4.69) is 4.74 Å². The van der Waals surface area contributed by atoms with Gasteiger partial charge >= 0.3 is 5.97 Å². The van der Waals surface area contributed by atoms with Gasteiger partial charge in [0.25, 0.3) is 5.91 Å². The summed E-state index contributed by atoms with van der Waals surface area (Å²) in [6.07, 6.45) is 0. The number of phenols is 1. The molecule has 0 aliphatic rings. The number of ether oxygens (including phenoxy) is 2. The molecule has 1 aromatic rings. The largest absolute Gasteiger partial charge is 0.504 e. The molecule has 20 heavy (non-hydrogen) atoms. The van der Waals surface area contributed by atoms with E-state index < -0.39 is 11.9 Å². The van der Waals surface area contributed by atoms with Crippen molar-refractivity contribution in [3.8, 4) is 11.5 Å². The third kappa shape index (κ3) is 3.40. The molecule has 0 unspecified atom stereocenters. The van der Waals surface area contributed by atoms with Gasteiger partial charge in [-0.3, -0.25) is 9.59 Å². The maximum atomic E-state index is 12.4. The van der Waals surface area contributed by atoms with Crippen molar-refractivity contribution in [1.29, 1.82) is 0 Å². The topological polar surface area (TPSA) is 76.1 Å². The highest BCUT2D eigenvalue weighted by atomic mass is 16.5. The smallest absolute Gasteiger partial charge is 0.325 e. The van der Waals surface area contributed by atoms with E-state index >= 15 is 0 Å². The van der Waals surface area contributed by atoms with Crippen molar-refractivity contribution in [3.05, 3.63) is 23.8 Å². The van der Waals surface area contributed by atoms with Gasteiger partial charge in [0, 0.05) is 6.04 Å². The third-order valence-electron chi connectivity index (χ3n) is 2.86. The van der Waals surface area contributed by atoms with Crippen LogP contribution in [-0.4, -0.2) is 48.7 Å². The summed E-state index contributed by atoms with van der Waals surface area (Å²) in [6.45, 7) is 3.37. The summed E-state index contributed by atoms with van der Waals surface area (Å²) in [5.41, 5.74) is 0.0851. The predicted octanol–water partition coefficient (Wildman–Crippen LogP) is 1.42. The van der Waals surface area contributed by atoms with Crippen LogP contribution in [0.15, 0.2) is 18.2 Å². The average Bonchev–Trinajstić information content (AvgIpc) is 2.43. The molecule has 1 N–H and O–H groups in total. The highest BCUT2D eigenvalue weighted by Gasteiger charge is 2.25. The molecule has 0 aromatic heterocycles. The molecule has 110 valence electrons. The second kappa shape index (κ2) is 6.79. The highest BCUT2D eigenvalue weighted by Crippen LogP contribution is 2.30. The van der Waals surface area contributed by atoms with E-state index in [1.807, 2.05) is 0 Å². The van der Waals surface area contributed by atoms with Gasteiger partial charge in [0.1, 0.15) is 6.54 Å². The van der Waals surface area contributed by atoms with Crippen LogP contribution in [0.25, 0.3) is 0 Å². The molecule has 0 atom stereocenters. The molecule has 0 bridgehead atoms. The Labute approximate surface area is 117 Å². The van der Waals surface area contributed by atoms with E-state index in [0.29, 0.717) is 0 Å². The zero-order valence-corrected chi connectivity index (χ0v) is 12.0. The fourth-order valence-corrected chi connectivity index (χ4v) is 1.71. The zero-order valence-electron chi connectivity index (χ0n) is 12.0. The fourth-order valence-electron chi connectivity index (χ4n) is 1.71. The quantitative estimate of drug-likeness (QED) is 0.826. The first kappa shape index (κ1) is 15.8. The van der Waals surface area contributed by atoms with Gasteiger partial charge in [-0.1, -0.05) is 6.07 Å². The molecule has 0 heterocycles. The number of amides is 1. The Morgan fingerprint density at radius 1 is 1.30 bits per heavy atom. The van der Waals surface area contributed by atoms with E-state index in [4.69, 9.17) is 4.74 Å². The molecule has 0 fully saturated rings. The average molecular weight is 281 g/mol. The fraction of sp³-hybridized carbons (Fsp3) is 0.429. The number of nitrogens with zero attached hydrogens (tertiary/aromatic N) is 1. The van der Waals surface area contributed by atoms with Crippen LogP contribution in [0.1, 0.15) is 24.2 Å². The second-order valence-corrected chi connectivity index (χ2v) is 4.46. The molecule has 0 spiro atoms. The number of hydrogen-bond acceptors (Lipinski definition) is 5. The molecule has 6 nitrogen and oxygen atoms in total. The van der Waals surface area contributed by atoms with Crippen molar-refractivity contribution in [2.75, 3.05) is 20.8 Å². The summed E-state index contributed by atoms with van der Waals surface area (Å²) >= 11 is 0. The Hall–Kier alpha value is -2.24. The maximum absolute atomic E-state index is 12.4. The molecule has 0 radical (unpaired) electrons. The van der Waals surface area contributed by atoms with Crippen molar-refractivity contribution in [1.82, 2.24) is 4.90 Å². The van der Waals surface area contributed by atoms with Crippen LogP contribution in [0.5, 0.6) is 11.5 Å². The van der Waals surface area contributed by atoms with Crippen LogP contribution in [0.4, 0.5) is 0 Å². The van der Waals surface area contributed by atoms with Gasteiger partial charge in [-0.25, -0.2) is 0 Å². The van der Waals surface area contributed by atoms with Gasteiger partial charge in [-0.05, 0) is 26.0 Å². The molecule has 0 saturated heterocycles. The van der Waals surface area contributed by atoms with Crippen LogP contribution in [0.2, 0.25) is 0 Å². The van der Waals surface area contributed by atoms with E-state index in [-0.39, 0.29) is 29.6 Å². The molecule has 6 heteroatoms. The van der Waals surface area contributed by atoms with Crippen molar-refractivity contribution in [3.63, 3.8) is 0 Å². The van der Waals surface area contributed by atoms with E-state index in [1.54, 1.807) is 26.0 Å². The first-order valence-electron chi connectivity index (χ1n) is 6.16. The van der Waals surface area contributed by atoms with Gasteiger partial charge in [-0.2, -0.15) is 0 Å². The van der Waals surface area contributed by atoms with Gasteiger partial charge < -0.3 is 19.5 Å². The predicted molar refractivity (Wildman–Crippen MR) is 72.8 cm³/mol. The molecule has 1 rings (SSSR count). The first-order valence-corrected chi connectivity index (χ1v) is 6.16. The lowest BCUT2D eigenvalue weighted by Gasteiger charge is -2.26. The van der Waals surface area contributed by atoms with E-state index in [1.165, 1.54) is 25.2 Å². The van der Waals surface area contributed by atoms with Gasteiger partial charge in [0.2, 0.25) is 0 Å². The Morgan fingerprint density at radius 3 is 2.45 bits per heavy atom. The number of methoxy groups -OCH3 is 2. The Morgan fingerprint density at radius 2 is 1.95 bits per heavy atom. The third-order valence-corrected chi connectivity index (χ3v) is 2.86. The number of rotatable bonds is 5. The summed E-state index contributed by atoms with van der Waals surface area (Å²) in [5, 5.41) is 9.99. The molecule has 1 aromatic carbocycles. The first-order chi connectivity index (χ1) is 9.42. The number of para-hydroxylation sites is 1. The zero-order chi connectivity index (χ0) is 15.3. The number of carbonyl (C=O) groups is 2. The second-order valence-electron chi connectivity index (χ2n) is 4.46. The summed E-state index contributed by atoms with van der Waals surface area (Å²) in [4.78, 5) is 25.1. The summed E-state index contributed by atoms with van der Waals surface area (Å²) < 4.78 is 9.54. The lowest BCUT2D eigenvalue weighted by molar-refractivity contribution is -0.141. The number of carbonyl (C=O) groups excluding carboxylic acids is 2. The van der Waals surface area contributed by atoms with Crippen molar-refractivity contribution in [2.45, 2.75) is 19.9 Å². The molecular formula is C14H19NO5. The highest BCUT2D eigenvalue weighted by molar-refractivity contribution is 5.99. The monoisotopic (exact) mass is 281 g/mol. The molecular weight excluding hydrogens is 262 g/mol. The van der Waals surface area contributed by atoms with E-state index in [0.717, 1.165) is 0 Å². The van der Waals surface area contributed by atoms with Gasteiger partial charge in [0.05, 0.1) is 19.8 Å². The van der Waals surface area contributed by atoms with Crippen LogP contribution in [0, 0.1) is 0 Å². The summed E-state index contributed by atoms with van der Waals surface area (Å²) in [7, 11) is 2.66. The van der Waals surface area contributed by atoms with Crippen LogP contribution >= 0.6 is 0 Å². The number of aromatic hydroxyl groups is 1. The molecule has 1 amide bonds. The summed E-state index contributed by atoms with van der Waals surface area (Å²) in [6, 6.07) is 4.41. The molecule has 0 saturated carbocycles. The molecule has 0 aliphatic carbocycles. The van der Waals surface area contributed by atoms with Crippen LogP contribution in [0.3, 0.4) is 0 Å². The summed E-state index contributed by atoms with van der Waals surface area (Å²) in [5.74, 6) is -1.01. The van der Waals surface area contributed by atoms with Crippen molar-refractivity contribution < 1.29 is 24.2 Å². The standard InChI is InChI=1S/C14H19NO5/c1-9(2)15(8-12(16)20-4)14(18)10-6-5-7-11(19-3)13(10)17/h5-7,9,17H,8H2,1-4H3. The maximum Gasteiger partial charge on any atom is 0.325 e. The van der Waals surface area contributed by atoms with E-state index in [9.17, 15) is 14.7 Å². The Bertz CT molecular complexity index is 498. The number of hydrogen-bond donors (Lipinski definition) is 1. The van der Waals surface area contributed by atoms with Gasteiger partial charge in [-0.15, -0.1) is 0 Å². The number of esters is 1. The van der Waals surface area contributed by atoms with Gasteiger partial charge in [0.15, 0.2) is 11.5 Å². The minimum atomic E-state index is -0.519. The number of phenolic OH excluding ortho intramolecular Hbond substituents is 1. The lowest BCUT2D eigenvalue weighted by atomic mass is 10.1. The van der Waals surface area contributed by atoms with Crippen LogP contribution < -0.4 is 4.74 Å². The number of benzene rings is 1. The van der Waals surface area contributed by atoms with Crippen LogP contribution in [-0.2, 0) is 9.53 Å². The Balaban J connectivity index is 3.10. The minimum Gasteiger partial charge on any atom is -0.504 e. The van der Waals surface area contributed by atoms with Crippen molar-refractivity contribution >= 4 is 11.9 Å². The Kier molecular flexibility index (Phi) is 5.37. The minimum absolute atomic E-state index is 0.0851.